The molecule has 2 aromatic rings. The second-order valence-electron chi connectivity index (χ2n) is 4.22. The third-order valence-corrected chi connectivity index (χ3v) is 2.80. The summed E-state index contributed by atoms with van der Waals surface area (Å²) in [6.07, 6.45) is 3.18. The zero-order chi connectivity index (χ0) is 13.8. The van der Waals surface area contributed by atoms with E-state index in [4.69, 9.17) is 0 Å². The highest BCUT2D eigenvalue weighted by Crippen LogP contribution is 2.24. The van der Waals surface area contributed by atoms with Gasteiger partial charge in [0.05, 0.1) is 23.6 Å². The molecule has 0 bridgehead atoms. The lowest BCUT2D eigenvalue weighted by molar-refractivity contribution is 0.480. The first-order chi connectivity index (χ1) is 9.13. The van der Waals surface area contributed by atoms with Crippen LogP contribution in [0.2, 0.25) is 0 Å². The van der Waals surface area contributed by atoms with Gasteiger partial charge >= 0.3 is 0 Å². The van der Waals surface area contributed by atoms with Gasteiger partial charge < -0.3 is 5.32 Å². The number of hydrogen-bond acceptors (Lipinski definition) is 3. The molecule has 2 rings (SSSR count). The summed E-state index contributed by atoms with van der Waals surface area (Å²) in [6, 6.07) is 3.63. The van der Waals surface area contributed by atoms with Gasteiger partial charge in [-0.3, -0.25) is 9.97 Å². The minimum Gasteiger partial charge on any atom is -0.305 e. The van der Waals surface area contributed by atoms with Gasteiger partial charge in [0.25, 0.3) is 0 Å². The van der Waals surface area contributed by atoms with Crippen LogP contribution in [0.25, 0.3) is 0 Å². The summed E-state index contributed by atoms with van der Waals surface area (Å²) in [5.74, 6) is -1.71. The quantitative estimate of drug-likeness (QED) is 0.921. The summed E-state index contributed by atoms with van der Waals surface area (Å²) in [5, 5.41) is 3.09. The van der Waals surface area contributed by atoms with Crippen LogP contribution in [0.4, 0.5) is 8.78 Å². The molecule has 0 aliphatic rings. The topological polar surface area (TPSA) is 37.8 Å². The molecule has 0 aliphatic heterocycles. The molecule has 1 aromatic heterocycles. The fraction of sp³-hybridized carbons (Fsp3) is 0.286. The van der Waals surface area contributed by atoms with Crippen molar-refractivity contribution < 1.29 is 8.78 Å². The van der Waals surface area contributed by atoms with Crippen LogP contribution in [-0.4, -0.2) is 16.5 Å². The highest BCUT2D eigenvalue weighted by molar-refractivity contribution is 5.29. The van der Waals surface area contributed by atoms with E-state index in [1.807, 2.05) is 13.8 Å². The molecule has 1 unspecified atom stereocenters. The Morgan fingerprint density at radius 3 is 2.63 bits per heavy atom. The van der Waals surface area contributed by atoms with E-state index in [0.717, 1.165) is 11.8 Å². The molecule has 1 heterocycles. The van der Waals surface area contributed by atoms with Crippen LogP contribution in [0.15, 0.2) is 30.6 Å². The molecular formula is C14H15F2N3. The van der Waals surface area contributed by atoms with Crippen molar-refractivity contribution in [3.63, 3.8) is 0 Å². The summed E-state index contributed by atoms with van der Waals surface area (Å²) >= 11 is 0. The molecule has 100 valence electrons. The summed E-state index contributed by atoms with van der Waals surface area (Å²) in [4.78, 5) is 8.37. The number of rotatable bonds is 4. The first-order valence-corrected chi connectivity index (χ1v) is 6.09. The SMILES string of the molecule is CCNC(c1cnc(C)cn1)c1cccc(F)c1F. The van der Waals surface area contributed by atoms with Crippen molar-refractivity contribution >= 4 is 0 Å². The normalized spacial score (nSPS) is 12.4. The Bertz CT molecular complexity index is 555. The molecule has 1 atom stereocenters. The molecule has 0 radical (unpaired) electrons. The van der Waals surface area contributed by atoms with Crippen LogP contribution < -0.4 is 5.32 Å². The Labute approximate surface area is 110 Å². The van der Waals surface area contributed by atoms with Crippen LogP contribution in [0, 0.1) is 18.6 Å². The van der Waals surface area contributed by atoms with E-state index in [9.17, 15) is 8.78 Å². The lowest BCUT2D eigenvalue weighted by Gasteiger charge is -2.18. The molecule has 3 nitrogen and oxygen atoms in total. The highest BCUT2D eigenvalue weighted by atomic mass is 19.2. The number of hydrogen-bond donors (Lipinski definition) is 1. The van der Waals surface area contributed by atoms with Gasteiger partial charge in [0.2, 0.25) is 0 Å². The molecule has 0 saturated heterocycles. The molecular weight excluding hydrogens is 248 g/mol. The maximum Gasteiger partial charge on any atom is 0.163 e. The van der Waals surface area contributed by atoms with Gasteiger partial charge in [-0.2, -0.15) is 0 Å². The van der Waals surface area contributed by atoms with Crippen molar-refractivity contribution in [1.29, 1.82) is 0 Å². The fourth-order valence-electron chi connectivity index (χ4n) is 1.87. The Morgan fingerprint density at radius 1 is 1.21 bits per heavy atom. The molecule has 0 amide bonds. The monoisotopic (exact) mass is 263 g/mol. The summed E-state index contributed by atoms with van der Waals surface area (Å²) in [7, 11) is 0. The van der Waals surface area contributed by atoms with Crippen molar-refractivity contribution in [1.82, 2.24) is 15.3 Å². The third kappa shape index (κ3) is 2.93. The van der Waals surface area contributed by atoms with Crippen LogP contribution in [0.5, 0.6) is 0 Å². The largest absolute Gasteiger partial charge is 0.305 e. The van der Waals surface area contributed by atoms with Gasteiger partial charge in [-0.25, -0.2) is 8.78 Å². The van der Waals surface area contributed by atoms with Gasteiger partial charge in [-0.1, -0.05) is 19.1 Å². The summed E-state index contributed by atoms with van der Waals surface area (Å²) < 4.78 is 27.2. The van der Waals surface area contributed by atoms with E-state index in [0.29, 0.717) is 12.2 Å². The maximum atomic E-state index is 13.9. The molecule has 0 saturated carbocycles. The third-order valence-electron chi connectivity index (χ3n) is 2.80. The zero-order valence-corrected chi connectivity index (χ0v) is 10.8. The summed E-state index contributed by atoms with van der Waals surface area (Å²) in [5.41, 5.74) is 1.58. The number of benzene rings is 1. The smallest absolute Gasteiger partial charge is 0.163 e. The van der Waals surface area contributed by atoms with Crippen molar-refractivity contribution in [3.05, 3.63) is 59.2 Å². The molecule has 5 heteroatoms. The summed E-state index contributed by atoms with van der Waals surface area (Å²) in [6.45, 7) is 4.32. The number of nitrogens with zero attached hydrogens (tertiary/aromatic N) is 2. The van der Waals surface area contributed by atoms with E-state index in [1.54, 1.807) is 18.5 Å². The predicted octanol–water partition coefficient (Wildman–Crippen LogP) is 2.76. The Kier molecular flexibility index (Phi) is 4.16. The molecule has 0 fully saturated rings. The van der Waals surface area contributed by atoms with Crippen LogP contribution in [0.1, 0.15) is 29.9 Å². The Hall–Kier alpha value is -1.88. The van der Waals surface area contributed by atoms with E-state index >= 15 is 0 Å². The Balaban J connectivity index is 2.45. The van der Waals surface area contributed by atoms with Gasteiger partial charge in [-0.05, 0) is 19.5 Å². The lowest BCUT2D eigenvalue weighted by atomic mass is 10.0. The molecule has 0 aliphatic carbocycles. The number of aromatic nitrogens is 2. The van der Waals surface area contributed by atoms with Crippen LogP contribution in [0.3, 0.4) is 0 Å². The van der Waals surface area contributed by atoms with Crippen LogP contribution >= 0.6 is 0 Å². The highest BCUT2D eigenvalue weighted by Gasteiger charge is 2.20. The van der Waals surface area contributed by atoms with E-state index in [-0.39, 0.29) is 5.56 Å². The zero-order valence-electron chi connectivity index (χ0n) is 10.8. The van der Waals surface area contributed by atoms with E-state index < -0.39 is 17.7 Å². The molecule has 19 heavy (non-hydrogen) atoms. The second kappa shape index (κ2) is 5.84. The van der Waals surface area contributed by atoms with E-state index in [2.05, 4.69) is 15.3 Å². The Morgan fingerprint density at radius 2 is 2.00 bits per heavy atom. The predicted molar refractivity (Wildman–Crippen MR) is 68.6 cm³/mol. The molecule has 1 aromatic carbocycles. The van der Waals surface area contributed by atoms with Crippen LogP contribution in [-0.2, 0) is 0 Å². The standard InChI is InChI=1S/C14H15F2N3/c1-3-17-14(12-8-18-9(2)7-19-12)10-5-4-6-11(15)13(10)16/h4-8,14,17H,3H2,1-2H3. The van der Waals surface area contributed by atoms with Crippen molar-refractivity contribution in [2.45, 2.75) is 19.9 Å². The maximum absolute atomic E-state index is 13.9. The average molecular weight is 263 g/mol. The fourth-order valence-corrected chi connectivity index (χ4v) is 1.87. The molecule has 1 N–H and O–H groups in total. The lowest BCUT2D eigenvalue weighted by Crippen LogP contribution is -2.24. The average Bonchev–Trinajstić information content (AvgIpc) is 2.41. The minimum atomic E-state index is -0.861. The first-order valence-electron chi connectivity index (χ1n) is 6.09. The van der Waals surface area contributed by atoms with Crippen molar-refractivity contribution in [3.8, 4) is 0 Å². The number of aryl methyl sites for hydroxylation is 1. The molecule has 0 spiro atoms. The number of nitrogens with one attached hydrogen (secondary N) is 1. The van der Waals surface area contributed by atoms with Gasteiger partial charge in [0.15, 0.2) is 11.6 Å². The minimum absolute atomic E-state index is 0.236. The van der Waals surface area contributed by atoms with E-state index in [1.165, 1.54) is 6.07 Å². The van der Waals surface area contributed by atoms with Crippen molar-refractivity contribution in [2.75, 3.05) is 6.54 Å². The first kappa shape index (κ1) is 13.5. The van der Waals surface area contributed by atoms with Crippen molar-refractivity contribution in [2.24, 2.45) is 0 Å². The second-order valence-corrected chi connectivity index (χ2v) is 4.22. The van der Waals surface area contributed by atoms with Gasteiger partial charge in [-0.15, -0.1) is 0 Å². The van der Waals surface area contributed by atoms with Gasteiger partial charge in [0, 0.05) is 11.8 Å². The number of halogens is 2. The van der Waals surface area contributed by atoms with Gasteiger partial charge in [0.1, 0.15) is 0 Å².